The number of benzene rings is 3. The lowest BCUT2D eigenvalue weighted by Crippen LogP contribution is -2.44. The summed E-state index contributed by atoms with van der Waals surface area (Å²) in [5.74, 6) is -0.368. The molecule has 1 aliphatic carbocycles. The van der Waals surface area contributed by atoms with E-state index in [0.29, 0.717) is 35.3 Å². The van der Waals surface area contributed by atoms with Gasteiger partial charge in [0.05, 0.1) is 24.9 Å². The third-order valence-corrected chi connectivity index (χ3v) is 9.83. The van der Waals surface area contributed by atoms with Crippen molar-refractivity contribution in [1.29, 1.82) is 0 Å². The second kappa shape index (κ2) is 14.7. The van der Waals surface area contributed by atoms with E-state index in [2.05, 4.69) is 44.8 Å². The van der Waals surface area contributed by atoms with Gasteiger partial charge in [-0.15, -0.1) is 11.3 Å². The van der Waals surface area contributed by atoms with Crippen molar-refractivity contribution < 1.29 is 23.9 Å². The number of carbonyl (C=O) groups excluding carboxylic acids is 3. The maximum Gasteiger partial charge on any atom is 0.411 e. The maximum atomic E-state index is 13.8. The number of thiazole rings is 1. The Labute approximate surface area is 284 Å². The fraction of sp³-hybridized carbons (Fsp3) is 0.351. The van der Waals surface area contributed by atoms with Gasteiger partial charge in [0, 0.05) is 42.2 Å². The molecular weight excluding hydrogens is 627 g/mol. The summed E-state index contributed by atoms with van der Waals surface area (Å²) < 4.78 is 11.3. The van der Waals surface area contributed by atoms with Crippen LogP contribution in [0.1, 0.15) is 58.8 Å². The zero-order chi connectivity index (χ0) is 32.9. The van der Waals surface area contributed by atoms with E-state index in [1.165, 1.54) is 16.9 Å². The van der Waals surface area contributed by atoms with Crippen LogP contribution < -0.4 is 10.6 Å². The largest absolute Gasteiger partial charge is 0.445 e. The van der Waals surface area contributed by atoms with Gasteiger partial charge in [-0.3, -0.25) is 19.4 Å². The Morgan fingerprint density at radius 2 is 1.62 bits per heavy atom. The first-order valence-corrected chi connectivity index (χ1v) is 17.4. The van der Waals surface area contributed by atoms with Crippen LogP contribution in [0.25, 0.3) is 11.3 Å². The van der Waals surface area contributed by atoms with Crippen LogP contribution in [0.3, 0.4) is 0 Å². The van der Waals surface area contributed by atoms with E-state index in [1.807, 2.05) is 47.8 Å². The second-order valence-electron chi connectivity index (χ2n) is 12.5. The van der Waals surface area contributed by atoms with Crippen molar-refractivity contribution in [2.24, 2.45) is 0 Å². The van der Waals surface area contributed by atoms with E-state index in [9.17, 15) is 14.4 Å². The van der Waals surface area contributed by atoms with Crippen molar-refractivity contribution in [3.63, 3.8) is 0 Å². The number of amides is 3. The number of carbonyl (C=O) groups is 3. The molecule has 2 saturated heterocycles. The van der Waals surface area contributed by atoms with Crippen molar-refractivity contribution in [1.82, 2.24) is 20.1 Å². The number of nitrogens with one attached hydrogen (secondary N) is 2. The summed E-state index contributed by atoms with van der Waals surface area (Å²) in [4.78, 5) is 48.4. The van der Waals surface area contributed by atoms with Crippen molar-refractivity contribution >= 4 is 34.4 Å². The predicted octanol–water partition coefficient (Wildman–Crippen LogP) is 6.02. The summed E-state index contributed by atoms with van der Waals surface area (Å²) in [6.07, 6.45) is 2.67. The fourth-order valence-corrected chi connectivity index (χ4v) is 6.97. The lowest BCUT2D eigenvalue weighted by molar-refractivity contribution is -0.120. The van der Waals surface area contributed by atoms with Gasteiger partial charge in [0.1, 0.15) is 12.6 Å². The number of rotatable bonds is 10. The maximum absolute atomic E-state index is 13.8. The highest BCUT2D eigenvalue weighted by Crippen LogP contribution is 2.38. The van der Waals surface area contributed by atoms with Crippen molar-refractivity contribution in [3.05, 3.63) is 106 Å². The highest BCUT2D eigenvalue weighted by Gasteiger charge is 2.43. The van der Waals surface area contributed by atoms with Gasteiger partial charge >= 0.3 is 6.09 Å². The summed E-state index contributed by atoms with van der Waals surface area (Å²) in [5, 5.41) is 8.27. The molecule has 10 nitrogen and oxygen atoms in total. The molecule has 4 aromatic rings. The fourth-order valence-electron chi connectivity index (χ4n) is 6.25. The third kappa shape index (κ3) is 7.75. The smallest absolute Gasteiger partial charge is 0.411 e. The topological polar surface area (TPSA) is 113 Å². The van der Waals surface area contributed by atoms with Crippen LogP contribution in [0, 0.1) is 0 Å². The van der Waals surface area contributed by atoms with Gasteiger partial charge in [-0.2, -0.15) is 0 Å². The van der Waals surface area contributed by atoms with Gasteiger partial charge in [-0.05, 0) is 54.5 Å². The number of hydrogen-bond acceptors (Lipinski definition) is 8. The minimum absolute atomic E-state index is 0.0686. The highest BCUT2D eigenvalue weighted by molar-refractivity contribution is 7.14. The summed E-state index contributed by atoms with van der Waals surface area (Å²) in [5.41, 5.74) is 5.20. The molecule has 48 heavy (non-hydrogen) atoms. The molecule has 0 bridgehead atoms. The van der Waals surface area contributed by atoms with E-state index in [-0.39, 0.29) is 24.5 Å². The molecule has 3 aromatic carbocycles. The van der Waals surface area contributed by atoms with Crippen LogP contribution in [0.15, 0.2) is 84.2 Å². The van der Waals surface area contributed by atoms with Crippen LogP contribution in [-0.4, -0.2) is 71.1 Å². The number of morpholine rings is 1. The molecule has 2 atom stereocenters. The lowest BCUT2D eigenvalue weighted by Gasteiger charge is -2.29. The zero-order valence-electron chi connectivity index (χ0n) is 26.7. The van der Waals surface area contributed by atoms with Gasteiger partial charge in [-0.1, -0.05) is 66.7 Å². The number of nitrogens with zero attached hydrogens (tertiary/aromatic N) is 3. The number of aromatic nitrogens is 1. The Morgan fingerprint density at radius 3 is 2.35 bits per heavy atom. The molecule has 0 spiro atoms. The summed E-state index contributed by atoms with van der Waals surface area (Å²) in [7, 11) is 0. The molecule has 2 N–H and O–H groups in total. The van der Waals surface area contributed by atoms with Gasteiger partial charge in [0.25, 0.3) is 5.91 Å². The molecule has 3 heterocycles. The normalized spacial score (nSPS) is 19.5. The SMILES string of the molecule is O=C(NC1CC1)c1ccc(-c2csc(NC(=O)C3CCC(c4ccc(CN5CCOCC5)cc4)N3C(=O)OCc3ccccc3)n2)cc1. The Hall–Kier alpha value is -4.58. The van der Waals surface area contributed by atoms with Crippen LogP contribution in [-0.2, 0) is 27.4 Å². The molecule has 2 unspecified atom stereocenters. The van der Waals surface area contributed by atoms with Gasteiger partial charge in [-0.25, -0.2) is 9.78 Å². The predicted molar refractivity (Wildman–Crippen MR) is 183 cm³/mol. The number of ether oxygens (including phenoxy) is 2. The Morgan fingerprint density at radius 1 is 0.875 bits per heavy atom. The Kier molecular flexibility index (Phi) is 9.78. The summed E-state index contributed by atoms with van der Waals surface area (Å²) in [6.45, 7) is 4.28. The molecule has 11 heteroatoms. The lowest BCUT2D eigenvalue weighted by atomic mass is 10.0. The number of hydrogen-bond donors (Lipinski definition) is 2. The molecular formula is C37H39N5O5S. The second-order valence-corrected chi connectivity index (χ2v) is 13.4. The molecule has 3 aliphatic rings. The standard InChI is InChI=1S/C37H39N5O5S/c43-34(38-30-14-15-30)29-12-10-27(11-13-29)31-24-48-36(39-31)40-35(44)33-17-16-32(42(33)37(45)47-23-26-4-2-1-3-5-26)28-8-6-25(7-9-28)22-41-18-20-46-21-19-41/h1-13,24,30,32-33H,14-23H2,(H,38,43)(H,39,40,44). The van der Waals surface area contributed by atoms with Crippen LogP contribution in [0.4, 0.5) is 9.93 Å². The van der Waals surface area contributed by atoms with Gasteiger partial charge < -0.3 is 20.1 Å². The quantitative estimate of drug-likeness (QED) is 0.213. The molecule has 1 saturated carbocycles. The molecule has 2 aliphatic heterocycles. The first kappa shape index (κ1) is 32.0. The van der Waals surface area contributed by atoms with Crippen LogP contribution in [0.2, 0.25) is 0 Å². The molecule has 248 valence electrons. The number of likely N-dealkylation sites (tertiary alicyclic amines) is 1. The van der Waals surface area contributed by atoms with E-state index < -0.39 is 12.1 Å². The molecule has 3 fully saturated rings. The van der Waals surface area contributed by atoms with E-state index in [1.54, 1.807) is 17.0 Å². The summed E-state index contributed by atoms with van der Waals surface area (Å²) >= 11 is 1.32. The molecule has 0 radical (unpaired) electrons. The van der Waals surface area contributed by atoms with Crippen molar-refractivity contribution in [2.45, 2.75) is 57.0 Å². The zero-order valence-corrected chi connectivity index (χ0v) is 27.5. The van der Waals surface area contributed by atoms with E-state index >= 15 is 0 Å². The molecule has 7 rings (SSSR count). The van der Waals surface area contributed by atoms with Crippen LogP contribution in [0.5, 0.6) is 0 Å². The highest BCUT2D eigenvalue weighted by atomic mass is 32.1. The molecule has 3 amide bonds. The Balaban J connectivity index is 1.04. The minimum Gasteiger partial charge on any atom is -0.445 e. The summed E-state index contributed by atoms with van der Waals surface area (Å²) in [6, 6.07) is 24.4. The first-order chi connectivity index (χ1) is 23.5. The van der Waals surface area contributed by atoms with Crippen LogP contribution >= 0.6 is 11.3 Å². The Bertz CT molecular complexity index is 1720. The minimum atomic E-state index is -0.720. The average Bonchev–Trinajstić information content (AvgIpc) is 3.62. The third-order valence-electron chi connectivity index (χ3n) is 9.07. The van der Waals surface area contributed by atoms with E-state index in [4.69, 9.17) is 9.47 Å². The first-order valence-electron chi connectivity index (χ1n) is 16.6. The van der Waals surface area contributed by atoms with Gasteiger partial charge in [0.2, 0.25) is 5.91 Å². The number of anilines is 1. The van der Waals surface area contributed by atoms with E-state index in [0.717, 1.165) is 62.4 Å². The molecule has 1 aromatic heterocycles. The average molecular weight is 666 g/mol. The van der Waals surface area contributed by atoms with Gasteiger partial charge in [0.15, 0.2) is 5.13 Å². The van der Waals surface area contributed by atoms with Crippen molar-refractivity contribution in [2.75, 3.05) is 31.6 Å². The van der Waals surface area contributed by atoms with Crippen molar-refractivity contribution in [3.8, 4) is 11.3 Å². The monoisotopic (exact) mass is 665 g/mol.